The van der Waals surface area contributed by atoms with Gasteiger partial charge in [-0.1, -0.05) is 6.92 Å². The molecule has 1 heterocycles. The molecule has 0 aliphatic carbocycles. The first-order valence-electron chi connectivity index (χ1n) is 6.62. The number of nitrogens with zero attached hydrogens (tertiary/aromatic N) is 4. The second kappa shape index (κ2) is 8.32. The second-order valence-electron chi connectivity index (χ2n) is 4.57. The van der Waals surface area contributed by atoms with Gasteiger partial charge in [-0.05, 0) is 6.42 Å². The van der Waals surface area contributed by atoms with Gasteiger partial charge in [-0.3, -0.25) is 10.1 Å². The van der Waals surface area contributed by atoms with E-state index in [9.17, 15) is 15.2 Å². The van der Waals surface area contributed by atoms with Crippen LogP contribution in [0.3, 0.4) is 0 Å². The normalized spacial score (nSPS) is 12.0. The van der Waals surface area contributed by atoms with Gasteiger partial charge >= 0.3 is 5.69 Å². The number of aliphatic hydroxyl groups is 1. The number of anilines is 2. The third-order valence-electron chi connectivity index (χ3n) is 2.73. The molecule has 0 spiro atoms. The standard InChI is InChI=1S/C12H21N5O4/c1-4-5-13-11-10(17(19)20)12(15-8-14-11)16(2)6-9(18)7-21-3/h8-9,18H,4-7H2,1-3H3,(H,13,14,15). The topological polar surface area (TPSA) is 114 Å². The average Bonchev–Trinajstić information content (AvgIpc) is 2.44. The minimum absolute atomic E-state index is 0.143. The monoisotopic (exact) mass is 299 g/mol. The maximum atomic E-state index is 11.3. The average molecular weight is 299 g/mol. The van der Waals surface area contributed by atoms with Gasteiger partial charge < -0.3 is 20.1 Å². The van der Waals surface area contributed by atoms with Crippen molar-refractivity contribution in [2.24, 2.45) is 0 Å². The number of ether oxygens (including phenoxy) is 1. The molecule has 0 fully saturated rings. The molecule has 1 atom stereocenters. The summed E-state index contributed by atoms with van der Waals surface area (Å²) in [6.07, 6.45) is 1.32. The van der Waals surface area contributed by atoms with Crippen LogP contribution in [0.4, 0.5) is 17.3 Å². The zero-order valence-electron chi connectivity index (χ0n) is 12.4. The molecule has 0 saturated heterocycles. The number of nitro groups is 1. The largest absolute Gasteiger partial charge is 0.389 e. The van der Waals surface area contributed by atoms with Crippen molar-refractivity contribution in [3.8, 4) is 0 Å². The molecule has 0 aliphatic rings. The lowest BCUT2D eigenvalue weighted by Crippen LogP contribution is -2.33. The van der Waals surface area contributed by atoms with E-state index in [1.54, 1.807) is 7.05 Å². The molecule has 0 saturated carbocycles. The van der Waals surface area contributed by atoms with Crippen LogP contribution in [0.5, 0.6) is 0 Å². The molecule has 1 aromatic heterocycles. The molecule has 2 N–H and O–H groups in total. The molecular formula is C12H21N5O4. The highest BCUT2D eigenvalue weighted by atomic mass is 16.6. The van der Waals surface area contributed by atoms with Crippen molar-refractivity contribution < 1.29 is 14.8 Å². The Labute approximate surface area is 123 Å². The molecule has 1 aromatic rings. The number of hydrogen-bond donors (Lipinski definition) is 2. The summed E-state index contributed by atoms with van der Waals surface area (Å²) < 4.78 is 4.84. The van der Waals surface area contributed by atoms with Gasteiger partial charge in [0.1, 0.15) is 6.33 Å². The summed E-state index contributed by atoms with van der Waals surface area (Å²) in [6.45, 7) is 2.84. The Morgan fingerprint density at radius 2 is 2.29 bits per heavy atom. The molecule has 21 heavy (non-hydrogen) atoms. The first kappa shape index (κ1) is 17.1. The number of hydrogen-bond acceptors (Lipinski definition) is 8. The van der Waals surface area contributed by atoms with Gasteiger partial charge in [0.15, 0.2) is 0 Å². The summed E-state index contributed by atoms with van der Waals surface area (Å²) in [6, 6.07) is 0. The predicted octanol–water partition coefficient (Wildman–Crippen LogP) is 0.650. The Hall–Kier alpha value is -2.00. The van der Waals surface area contributed by atoms with E-state index in [2.05, 4.69) is 15.3 Å². The minimum Gasteiger partial charge on any atom is -0.389 e. The molecule has 0 radical (unpaired) electrons. The molecule has 0 amide bonds. The molecule has 1 rings (SSSR count). The zero-order chi connectivity index (χ0) is 15.8. The predicted molar refractivity (Wildman–Crippen MR) is 78.6 cm³/mol. The zero-order valence-corrected chi connectivity index (χ0v) is 12.4. The smallest absolute Gasteiger partial charge is 0.353 e. The van der Waals surface area contributed by atoms with Crippen LogP contribution in [0.1, 0.15) is 13.3 Å². The van der Waals surface area contributed by atoms with Gasteiger partial charge in [0.2, 0.25) is 11.6 Å². The number of aromatic nitrogens is 2. The van der Waals surface area contributed by atoms with Crippen LogP contribution < -0.4 is 10.2 Å². The maximum Gasteiger partial charge on any atom is 0.353 e. The molecule has 118 valence electrons. The second-order valence-corrected chi connectivity index (χ2v) is 4.57. The van der Waals surface area contributed by atoms with Crippen LogP contribution in [0, 0.1) is 10.1 Å². The Morgan fingerprint density at radius 1 is 1.57 bits per heavy atom. The Kier molecular flexibility index (Phi) is 6.76. The van der Waals surface area contributed by atoms with Gasteiger partial charge in [0.25, 0.3) is 0 Å². The molecule has 9 heteroatoms. The van der Waals surface area contributed by atoms with Crippen LogP contribution in [0.25, 0.3) is 0 Å². The van der Waals surface area contributed by atoms with Crippen LogP contribution in [0.2, 0.25) is 0 Å². The number of nitrogens with one attached hydrogen (secondary N) is 1. The third-order valence-corrected chi connectivity index (χ3v) is 2.73. The van der Waals surface area contributed by atoms with Crippen LogP contribution >= 0.6 is 0 Å². The first-order chi connectivity index (χ1) is 10.0. The van der Waals surface area contributed by atoms with Crippen molar-refractivity contribution in [1.29, 1.82) is 0 Å². The molecule has 0 aliphatic heterocycles. The van der Waals surface area contributed by atoms with E-state index >= 15 is 0 Å². The Bertz CT molecular complexity index is 471. The van der Waals surface area contributed by atoms with Crippen molar-refractivity contribution in [3.63, 3.8) is 0 Å². The lowest BCUT2D eigenvalue weighted by Gasteiger charge is -2.21. The highest BCUT2D eigenvalue weighted by Gasteiger charge is 2.26. The minimum atomic E-state index is -0.762. The number of likely N-dealkylation sites (N-methyl/N-ethyl adjacent to an activating group) is 1. The Balaban J connectivity index is 3.02. The number of aliphatic hydroxyl groups excluding tert-OH is 1. The van der Waals surface area contributed by atoms with Crippen molar-refractivity contribution in [3.05, 3.63) is 16.4 Å². The molecule has 0 aromatic carbocycles. The summed E-state index contributed by atoms with van der Waals surface area (Å²) >= 11 is 0. The van der Waals surface area contributed by atoms with Crippen LogP contribution in [-0.2, 0) is 4.74 Å². The molecule has 0 bridgehead atoms. The van der Waals surface area contributed by atoms with Crippen molar-refractivity contribution in [1.82, 2.24) is 9.97 Å². The van der Waals surface area contributed by atoms with Crippen LogP contribution in [0.15, 0.2) is 6.33 Å². The Morgan fingerprint density at radius 3 is 2.86 bits per heavy atom. The number of rotatable bonds is 9. The lowest BCUT2D eigenvalue weighted by molar-refractivity contribution is -0.383. The summed E-state index contributed by atoms with van der Waals surface area (Å²) in [7, 11) is 3.10. The van der Waals surface area contributed by atoms with E-state index < -0.39 is 11.0 Å². The van der Waals surface area contributed by atoms with Gasteiger partial charge in [-0.25, -0.2) is 9.97 Å². The summed E-state index contributed by atoms with van der Waals surface area (Å²) in [5.41, 5.74) is -0.196. The SMILES string of the molecule is CCCNc1ncnc(N(C)CC(O)COC)c1[N+](=O)[O-]. The highest BCUT2D eigenvalue weighted by molar-refractivity contribution is 5.70. The van der Waals surface area contributed by atoms with Gasteiger partial charge in [-0.15, -0.1) is 0 Å². The van der Waals surface area contributed by atoms with E-state index in [4.69, 9.17) is 4.74 Å². The molecule has 1 unspecified atom stereocenters. The highest BCUT2D eigenvalue weighted by Crippen LogP contribution is 2.31. The first-order valence-corrected chi connectivity index (χ1v) is 6.62. The van der Waals surface area contributed by atoms with Crippen LogP contribution in [-0.4, -0.2) is 60.0 Å². The maximum absolute atomic E-state index is 11.3. The number of methoxy groups -OCH3 is 1. The quantitative estimate of drug-likeness (QED) is 0.504. The van der Waals surface area contributed by atoms with Crippen molar-refractivity contribution in [2.75, 3.05) is 44.1 Å². The van der Waals surface area contributed by atoms with Gasteiger partial charge in [-0.2, -0.15) is 0 Å². The lowest BCUT2D eigenvalue weighted by atomic mass is 10.3. The molecule has 9 nitrogen and oxygen atoms in total. The van der Waals surface area contributed by atoms with E-state index in [-0.39, 0.29) is 30.5 Å². The van der Waals surface area contributed by atoms with Gasteiger partial charge in [0.05, 0.1) is 17.6 Å². The summed E-state index contributed by atoms with van der Waals surface area (Å²) in [5, 5.41) is 23.9. The third kappa shape index (κ3) is 4.80. The van der Waals surface area contributed by atoms with Crippen molar-refractivity contribution >= 4 is 17.3 Å². The fourth-order valence-corrected chi connectivity index (χ4v) is 1.84. The van der Waals surface area contributed by atoms with E-state index in [1.165, 1.54) is 18.3 Å². The van der Waals surface area contributed by atoms with Crippen molar-refractivity contribution in [2.45, 2.75) is 19.4 Å². The molecular weight excluding hydrogens is 278 g/mol. The van der Waals surface area contributed by atoms with Gasteiger partial charge in [0, 0.05) is 27.2 Å². The van der Waals surface area contributed by atoms with E-state index in [1.807, 2.05) is 6.92 Å². The summed E-state index contributed by atoms with van der Waals surface area (Å²) in [4.78, 5) is 20.2. The van der Waals surface area contributed by atoms with E-state index in [0.717, 1.165) is 6.42 Å². The fraction of sp³-hybridized carbons (Fsp3) is 0.667. The summed E-state index contributed by atoms with van der Waals surface area (Å²) in [5.74, 6) is 0.337. The van der Waals surface area contributed by atoms with E-state index in [0.29, 0.717) is 6.54 Å². The fourth-order valence-electron chi connectivity index (χ4n) is 1.84.